The van der Waals surface area contributed by atoms with Crippen LogP contribution in [0.4, 0.5) is 5.69 Å². The van der Waals surface area contributed by atoms with Crippen molar-refractivity contribution >= 4 is 46.2 Å². The Morgan fingerprint density at radius 2 is 1.76 bits per heavy atom. The van der Waals surface area contributed by atoms with Crippen LogP contribution in [0.25, 0.3) is 6.08 Å². The quantitative estimate of drug-likeness (QED) is 0.498. The Labute approximate surface area is 182 Å². The van der Waals surface area contributed by atoms with Crippen LogP contribution in [0.15, 0.2) is 58.4 Å². The summed E-state index contributed by atoms with van der Waals surface area (Å²) in [6.45, 7) is 11.4. The predicted molar refractivity (Wildman–Crippen MR) is 126 cm³/mol. The lowest BCUT2D eigenvalue weighted by atomic mass is 9.87. The zero-order valence-electron chi connectivity index (χ0n) is 17.6. The maximum atomic E-state index is 13.1. The largest absolute Gasteiger partial charge is 0.286 e. The van der Waals surface area contributed by atoms with E-state index in [1.807, 2.05) is 30.3 Å². The molecule has 0 N–H and O–H groups in total. The Bertz CT molecular complexity index is 956. The molecule has 0 unspecified atom stereocenters. The second-order valence-corrected chi connectivity index (χ2v) is 10.1. The molecule has 5 heteroatoms. The van der Waals surface area contributed by atoms with E-state index in [2.05, 4.69) is 58.9 Å². The van der Waals surface area contributed by atoms with E-state index in [1.165, 1.54) is 17.3 Å². The number of amides is 1. The van der Waals surface area contributed by atoms with Crippen molar-refractivity contribution in [3.8, 4) is 0 Å². The summed E-state index contributed by atoms with van der Waals surface area (Å²) in [6.07, 6.45) is 1.95. The van der Waals surface area contributed by atoms with Gasteiger partial charge in [-0.3, -0.25) is 9.69 Å². The van der Waals surface area contributed by atoms with Gasteiger partial charge in [-0.2, -0.15) is 0 Å². The minimum absolute atomic E-state index is 0.00518. The molecular weight excluding hydrogens is 400 g/mol. The van der Waals surface area contributed by atoms with E-state index in [9.17, 15) is 4.79 Å². The number of hydrogen-bond donors (Lipinski definition) is 0. The van der Waals surface area contributed by atoms with Crippen LogP contribution in [0, 0.1) is 5.92 Å². The Kier molecular flexibility index (Phi) is 6.55. The average Bonchev–Trinajstić information content (AvgIpc) is 2.92. The number of aliphatic imine (C=N–C) groups is 1. The highest BCUT2D eigenvalue weighted by atomic mass is 35.5. The number of para-hydroxylation sites is 1. The summed E-state index contributed by atoms with van der Waals surface area (Å²) in [7, 11) is 0. The Morgan fingerprint density at radius 1 is 1.10 bits per heavy atom. The van der Waals surface area contributed by atoms with Crippen LogP contribution < -0.4 is 0 Å². The van der Waals surface area contributed by atoms with Gasteiger partial charge in [-0.25, -0.2) is 4.99 Å². The number of rotatable bonds is 4. The first-order valence-corrected chi connectivity index (χ1v) is 11.0. The third-order valence-corrected chi connectivity index (χ3v) is 5.91. The number of nitrogens with zero attached hydrogens (tertiary/aromatic N) is 2. The first-order valence-electron chi connectivity index (χ1n) is 9.80. The number of halogens is 1. The van der Waals surface area contributed by atoms with E-state index < -0.39 is 0 Å². The average molecular weight is 427 g/mol. The van der Waals surface area contributed by atoms with Crippen molar-refractivity contribution in [2.45, 2.75) is 40.0 Å². The molecule has 1 saturated heterocycles. The van der Waals surface area contributed by atoms with E-state index in [4.69, 9.17) is 16.6 Å². The zero-order valence-corrected chi connectivity index (χ0v) is 19.1. The van der Waals surface area contributed by atoms with E-state index in [0.717, 1.165) is 5.56 Å². The number of carbonyl (C=O) groups excluding carboxylic acids is 1. The van der Waals surface area contributed by atoms with Gasteiger partial charge in [0.2, 0.25) is 0 Å². The molecule has 3 rings (SSSR count). The molecule has 0 aromatic heterocycles. The number of carbonyl (C=O) groups is 1. The summed E-state index contributed by atoms with van der Waals surface area (Å²) in [5, 5.41) is 1.25. The van der Waals surface area contributed by atoms with Crippen molar-refractivity contribution in [3.63, 3.8) is 0 Å². The Balaban J connectivity index is 1.93. The van der Waals surface area contributed by atoms with E-state index in [-0.39, 0.29) is 11.3 Å². The number of hydrogen-bond acceptors (Lipinski definition) is 3. The molecule has 0 spiro atoms. The fraction of sp³-hybridized carbons (Fsp3) is 0.333. The normalized spacial score (nSPS) is 17.8. The first-order chi connectivity index (χ1) is 13.6. The van der Waals surface area contributed by atoms with Gasteiger partial charge in [-0.05, 0) is 52.4 Å². The van der Waals surface area contributed by atoms with Crippen molar-refractivity contribution < 1.29 is 4.79 Å². The van der Waals surface area contributed by atoms with Gasteiger partial charge >= 0.3 is 0 Å². The molecule has 1 aliphatic heterocycles. The molecule has 1 aliphatic rings. The van der Waals surface area contributed by atoms with E-state index in [0.29, 0.717) is 33.2 Å². The highest BCUT2D eigenvalue weighted by molar-refractivity contribution is 8.18. The highest BCUT2D eigenvalue weighted by Crippen LogP contribution is 2.36. The van der Waals surface area contributed by atoms with Gasteiger partial charge in [-0.1, -0.05) is 82.6 Å². The van der Waals surface area contributed by atoms with Crippen LogP contribution in [0.2, 0.25) is 5.02 Å². The second kappa shape index (κ2) is 8.76. The lowest BCUT2D eigenvalue weighted by Crippen LogP contribution is -2.32. The van der Waals surface area contributed by atoms with E-state index >= 15 is 0 Å². The van der Waals surface area contributed by atoms with Gasteiger partial charge in [0.05, 0.1) is 15.6 Å². The van der Waals surface area contributed by atoms with Crippen LogP contribution in [0.1, 0.15) is 45.7 Å². The van der Waals surface area contributed by atoms with Crippen LogP contribution >= 0.6 is 23.4 Å². The third-order valence-electron chi connectivity index (χ3n) is 4.58. The van der Waals surface area contributed by atoms with Crippen molar-refractivity contribution in [3.05, 3.63) is 69.6 Å². The van der Waals surface area contributed by atoms with Gasteiger partial charge < -0.3 is 0 Å². The fourth-order valence-electron chi connectivity index (χ4n) is 2.99. The van der Waals surface area contributed by atoms with Crippen molar-refractivity contribution in [2.75, 3.05) is 6.54 Å². The first kappa shape index (κ1) is 21.7. The summed E-state index contributed by atoms with van der Waals surface area (Å²) < 4.78 is 0. The lowest BCUT2D eigenvalue weighted by Gasteiger charge is -2.18. The van der Waals surface area contributed by atoms with Gasteiger partial charge in [0, 0.05) is 6.54 Å². The molecule has 1 fully saturated rings. The monoisotopic (exact) mass is 426 g/mol. The minimum Gasteiger partial charge on any atom is -0.286 e. The zero-order chi connectivity index (χ0) is 21.2. The fourth-order valence-corrected chi connectivity index (χ4v) is 4.17. The minimum atomic E-state index is -0.00518. The third kappa shape index (κ3) is 5.31. The number of amidine groups is 1. The topological polar surface area (TPSA) is 32.7 Å². The summed E-state index contributed by atoms with van der Waals surface area (Å²) in [5.41, 5.74) is 3.06. The van der Waals surface area contributed by atoms with Crippen molar-refractivity contribution in [1.82, 2.24) is 4.90 Å². The van der Waals surface area contributed by atoms with Crippen LogP contribution in [0.3, 0.4) is 0 Å². The molecule has 1 heterocycles. The molecule has 2 aromatic rings. The van der Waals surface area contributed by atoms with Gasteiger partial charge in [0.1, 0.15) is 0 Å². The van der Waals surface area contributed by atoms with Crippen molar-refractivity contribution in [2.24, 2.45) is 10.9 Å². The van der Waals surface area contributed by atoms with Crippen molar-refractivity contribution in [1.29, 1.82) is 0 Å². The molecule has 0 aliphatic carbocycles. The lowest BCUT2D eigenvalue weighted by molar-refractivity contribution is -0.122. The summed E-state index contributed by atoms with van der Waals surface area (Å²) in [5.74, 6) is 0.329. The highest BCUT2D eigenvalue weighted by Gasteiger charge is 2.33. The number of thioether (sulfide) groups is 1. The second-order valence-electron chi connectivity index (χ2n) is 8.64. The van der Waals surface area contributed by atoms with Gasteiger partial charge in [0.15, 0.2) is 5.17 Å². The molecule has 2 aromatic carbocycles. The molecule has 0 bridgehead atoms. The standard InChI is InChI=1S/C24H27ClN2OS/c1-16(2)15-27-22(28)21(14-17-10-12-18(13-11-17)24(3,4)5)29-23(27)26-20-9-7-6-8-19(20)25/h6-14,16H,15H2,1-5H3/b21-14-,26-23?. The Hall–Kier alpha value is -2.04. The SMILES string of the molecule is CC(C)CN1C(=O)/C(=C/c2ccc(C(C)(C)C)cc2)SC1=Nc1ccccc1Cl. The molecule has 29 heavy (non-hydrogen) atoms. The molecule has 152 valence electrons. The maximum Gasteiger partial charge on any atom is 0.266 e. The van der Waals surface area contributed by atoms with Crippen LogP contribution in [-0.4, -0.2) is 22.5 Å². The summed E-state index contributed by atoms with van der Waals surface area (Å²) >= 11 is 7.68. The molecule has 0 saturated carbocycles. The van der Waals surface area contributed by atoms with E-state index in [1.54, 1.807) is 4.90 Å². The molecule has 3 nitrogen and oxygen atoms in total. The van der Waals surface area contributed by atoms with Crippen LogP contribution in [-0.2, 0) is 10.2 Å². The molecule has 0 atom stereocenters. The van der Waals surface area contributed by atoms with Gasteiger partial charge in [-0.15, -0.1) is 0 Å². The predicted octanol–water partition coefficient (Wildman–Crippen LogP) is 6.90. The summed E-state index contributed by atoms with van der Waals surface area (Å²) in [4.78, 5) is 20.2. The number of benzene rings is 2. The van der Waals surface area contributed by atoms with Gasteiger partial charge in [0.25, 0.3) is 5.91 Å². The Morgan fingerprint density at radius 3 is 2.34 bits per heavy atom. The van der Waals surface area contributed by atoms with Crippen LogP contribution in [0.5, 0.6) is 0 Å². The smallest absolute Gasteiger partial charge is 0.266 e. The molecule has 1 amide bonds. The molecular formula is C24H27ClN2OS. The summed E-state index contributed by atoms with van der Waals surface area (Å²) in [6, 6.07) is 15.8. The molecule has 0 radical (unpaired) electrons. The maximum absolute atomic E-state index is 13.1.